The second-order valence-electron chi connectivity index (χ2n) is 5.85. The molecule has 0 saturated carbocycles. The third-order valence-electron chi connectivity index (χ3n) is 3.99. The number of rotatable bonds is 12. The van der Waals surface area contributed by atoms with Gasteiger partial charge in [0, 0.05) is 0 Å². The molecular formula is C18H31NO4. The standard InChI is InChI=1S/C18H31NO4/c1-5-8-9-10-11-14(4)16(13-19)15(18(21)23-7-3)12-17(20)22-6-2/h14-16H,5-12H2,1-4H3. The molecule has 0 saturated heterocycles. The molecule has 0 aromatic carbocycles. The zero-order valence-electron chi connectivity index (χ0n) is 15.0. The van der Waals surface area contributed by atoms with Crippen LogP contribution in [0.25, 0.3) is 0 Å². The van der Waals surface area contributed by atoms with E-state index >= 15 is 0 Å². The van der Waals surface area contributed by atoms with Gasteiger partial charge in [0.2, 0.25) is 0 Å². The molecule has 0 fully saturated rings. The second-order valence-corrected chi connectivity index (χ2v) is 5.85. The molecule has 0 bridgehead atoms. The summed E-state index contributed by atoms with van der Waals surface area (Å²) in [5, 5.41) is 9.52. The highest BCUT2D eigenvalue weighted by atomic mass is 16.5. The Morgan fingerprint density at radius 1 is 1.04 bits per heavy atom. The molecule has 0 radical (unpaired) electrons. The van der Waals surface area contributed by atoms with Crippen LogP contribution in [0.1, 0.15) is 66.2 Å². The molecule has 5 heteroatoms. The van der Waals surface area contributed by atoms with Crippen LogP contribution in [0.4, 0.5) is 0 Å². The molecular weight excluding hydrogens is 294 g/mol. The largest absolute Gasteiger partial charge is 0.466 e. The van der Waals surface area contributed by atoms with Crippen molar-refractivity contribution < 1.29 is 19.1 Å². The van der Waals surface area contributed by atoms with Crippen molar-refractivity contribution in [3.63, 3.8) is 0 Å². The van der Waals surface area contributed by atoms with E-state index in [0.717, 1.165) is 25.7 Å². The SMILES string of the molecule is CCCCCCC(C)C(C#N)C(CC(=O)OCC)C(=O)OCC. The fourth-order valence-electron chi connectivity index (χ4n) is 2.69. The molecule has 0 aliphatic carbocycles. The maximum absolute atomic E-state index is 12.2. The summed E-state index contributed by atoms with van der Waals surface area (Å²) in [5.74, 6) is -2.17. The summed E-state index contributed by atoms with van der Waals surface area (Å²) in [6.45, 7) is 8.05. The first-order valence-electron chi connectivity index (χ1n) is 8.73. The smallest absolute Gasteiger partial charge is 0.310 e. The highest BCUT2D eigenvalue weighted by molar-refractivity contribution is 5.80. The van der Waals surface area contributed by atoms with E-state index in [2.05, 4.69) is 13.0 Å². The minimum atomic E-state index is -0.750. The zero-order valence-corrected chi connectivity index (χ0v) is 15.0. The van der Waals surface area contributed by atoms with Gasteiger partial charge < -0.3 is 9.47 Å². The summed E-state index contributed by atoms with van der Waals surface area (Å²) >= 11 is 0. The Morgan fingerprint density at radius 3 is 2.22 bits per heavy atom. The predicted molar refractivity (Wildman–Crippen MR) is 88.4 cm³/mol. The van der Waals surface area contributed by atoms with E-state index in [1.807, 2.05) is 6.92 Å². The maximum Gasteiger partial charge on any atom is 0.310 e. The molecule has 132 valence electrons. The van der Waals surface area contributed by atoms with Crippen LogP contribution in [0.2, 0.25) is 0 Å². The summed E-state index contributed by atoms with van der Waals surface area (Å²) < 4.78 is 9.99. The van der Waals surface area contributed by atoms with E-state index in [1.54, 1.807) is 13.8 Å². The van der Waals surface area contributed by atoms with E-state index < -0.39 is 23.8 Å². The number of carbonyl (C=O) groups is 2. The van der Waals surface area contributed by atoms with Crippen LogP contribution in [-0.2, 0) is 19.1 Å². The Balaban J connectivity index is 4.88. The van der Waals surface area contributed by atoms with Crippen molar-refractivity contribution in [2.45, 2.75) is 66.2 Å². The molecule has 0 aliphatic rings. The Bertz CT molecular complexity index is 389. The lowest BCUT2D eigenvalue weighted by atomic mass is 9.79. The summed E-state index contributed by atoms with van der Waals surface area (Å²) in [5.41, 5.74) is 0. The maximum atomic E-state index is 12.2. The molecule has 3 atom stereocenters. The zero-order chi connectivity index (χ0) is 17.7. The highest BCUT2D eigenvalue weighted by Crippen LogP contribution is 2.29. The normalized spacial score (nSPS) is 14.4. The van der Waals surface area contributed by atoms with Gasteiger partial charge >= 0.3 is 11.9 Å². The quantitative estimate of drug-likeness (QED) is 0.402. The summed E-state index contributed by atoms with van der Waals surface area (Å²) in [6, 6.07) is 2.22. The van der Waals surface area contributed by atoms with Crippen LogP contribution in [-0.4, -0.2) is 25.2 Å². The van der Waals surface area contributed by atoms with Crippen LogP contribution in [0, 0.1) is 29.1 Å². The van der Waals surface area contributed by atoms with Crippen molar-refractivity contribution >= 4 is 11.9 Å². The van der Waals surface area contributed by atoms with E-state index in [1.165, 1.54) is 6.42 Å². The fourth-order valence-corrected chi connectivity index (χ4v) is 2.69. The highest BCUT2D eigenvalue weighted by Gasteiger charge is 2.35. The van der Waals surface area contributed by atoms with Crippen LogP contribution in [0.5, 0.6) is 0 Å². The average Bonchev–Trinajstić information content (AvgIpc) is 2.51. The third-order valence-corrected chi connectivity index (χ3v) is 3.99. The van der Waals surface area contributed by atoms with E-state index in [9.17, 15) is 14.9 Å². The topological polar surface area (TPSA) is 76.4 Å². The number of esters is 2. The molecule has 5 nitrogen and oxygen atoms in total. The Morgan fingerprint density at radius 2 is 1.70 bits per heavy atom. The number of hydrogen-bond acceptors (Lipinski definition) is 5. The molecule has 0 N–H and O–H groups in total. The van der Waals surface area contributed by atoms with Gasteiger partial charge in [0.25, 0.3) is 0 Å². The molecule has 0 heterocycles. The van der Waals surface area contributed by atoms with Gasteiger partial charge in [-0.1, -0.05) is 39.5 Å². The van der Waals surface area contributed by atoms with Gasteiger partial charge in [-0.15, -0.1) is 0 Å². The van der Waals surface area contributed by atoms with Crippen molar-refractivity contribution in [2.24, 2.45) is 17.8 Å². The van der Waals surface area contributed by atoms with Gasteiger partial charge in [0.05, 0.1) is 37.5 Å². The van der Waals surface area contributed by atoms with Crippen LogP contribution < -0.4 is 0 Å². The van der Waals surface area contributed by atoms with Crippen LogP contribution >= 0.6 is 0 Å². The van der Waals surface area contributed by atoms with Gasteiger partial charge in [-0.3, -0.25) is 9.59 Å². The number of carbonyl (C=O) groups excluding carboxylic acids is 2. The van der Waals surface area contributed by atoms with Crippen molar-refractivity contribution in [1.82, 2.24) is 0 Å². The Hall–Kier alpha value is -1.57. The predicted octanol–water partition coefficient (Wildman–Crippen LogP) is 3.87. The van der Waals surface area contributed by atoms with Crippen molar-refractivity contribution in [3.8, 4) is 6.07 Å². The number of hydrogen-bond donors (Lipinski definition) is 0. The van der Waals surface area contributed by atoms with Crippen molar-refractivity contribution in [2.75, 3.05) is 13.2 Å². The summed E-state index contributed by atoms with van der Waals surface area (Å²) in [7, 11) is 0. The Labute approximate surface area is 140 Å². The third kappa shape index (κ3) is 8.59. The monoisotopic (exact) mass is 325 g/mol. The molecule has 23 heavy (non-hydrogen) atoms. The summed E-state index contributed by atoms with van der Waals surface area (Å²) in [4.78, 5) is 23.9. The molecule has 0 amide bonds. The molecule has 0 aromatic heterocycles. The van der Waals surface area contributed by atoms with Gasteiger partial charge in [-0.05, 0) is 26.2 Å². The van der Waals surface area contributed by atoms with Gasteiger partial charge in [0.1, 0.15) is 0 Å². The lowest BCUT2D eigenvalue weighted by molar-refractivity contribution is -0.156. The van der Waals surface area contributed by atoms with Gasteiger partial charge in [-0.2, -0.15) is 5.26 Å². The first-order chi connectivity index (χ1) is 11.0. The van der Waals surface area contributed by atoms with Crippen LogP contribution in [0.3, 0.4) is 0 Å². The fraction of sp³-hybridized carbons (Fsp3) is 0.833. The minimum absolute atomic E-state index is 0.0423. The first kappa shape index (κ1) is 21.4. The second kappa shape index (κ2) is 12.9. The number of ether oxygens (including phenoxy) is 2. The van der Waals surface area contributed by atoms with Gasteiger partial charge in [0.15, 0.2) is 0 Å². The van der Waals surface area contributed by atoms with Crippen molar-refractivity contribution in [3.05, 3.63) is 0 Å². The average molecular weight is 325 g/mol. The van der Waals surface area contributed by atoms with Crippen LogP contribution in [0.15, 0.2) is 0 Å². The Kier molecular flexibility index (Phi) is 12.0. The lowest BCUT2D eigenvalue weighted by Crippen LogP contribution is -2.32. The lowest BCUT2D eigenvalue weighted by Gasteiger charge is -2.24. The summed E-state index contributed by atoms with van der Waals surface area (Å²) in [6.07, 6.45) is 5.27. The molecule has 0 aliphatic heterocycles. The van der Waals surface area contributed by atoms with Gasteiger partial charge in [-0.25, -0.2) is 0 Å². The van der Waals surface area contributed by atoms with E-state index in [4.69, 9.17) is 9.47 Å². The van der Waals surface area contributed by atoms with E-state index in [-0.39, 0.29) is 25.6 Å². The number of nitriles is 1. The minimum Gasteiger partial charge on any atom is -0.466 e. The number of unbranched alkanes of at least 4 members (excludes halogenated alkanes) is 3. The molecule has 3 unspecified atom stereocenters. The molecule has 0 aromatic rings. The van der Waals surface area contributed by atoms with E-state index in [0.29, 0.717) is 0 Å². The molecule has 0 spiro atoms. The first-order valence-corrected chi connectivity index (χ1v) is 8.73. The molecule has 0 rings (SSSR count). The van der Waals surface area contributed by atoms with Crippen molar-refractivity contribution in [1.29, 1.82) is 5.26 Å². The number of nitrogens with zero attached hydrogens (tertiary/aromatic N) is 1.